The molecule has 0 fully saturated rings. The molecule has 0 heterocycles. The first-order valence-corrected chi connectivity index (χ1v) is 11.8. The van der Waals surface area contributed by atoms with Crippen LogP contribution >= 0.6 is 15.8 Å². The monoisotopic (exact) mass is 300 g/mol. The van der Waals surface area contributed by atoms with Gasteiger partial charge in [0.15, 0.2) is 0 Å². The Labute approximate surface area is 126 Å². The van der Waals surface area contributed by atoms with E-state index in [4.69, 9.17) is 7.85 Å². The van der Waals surface area contributed by atoms with E-state index in [-0.39, 0.29) is 20.6 Å². The van der Waals surface area contributed by atoms with Crippen LogP contribution in [0.25, 0.3) is 0 Å². The van der Waals surface area contributed by atoms with Gasteiger partial charge < -0.3 is 0 Å². The summed E-state index contributed by atoms with van der Waals surface area (Å²) in [6.45, 7) is 11.6. The van der Waals surface area contributed by atoms with Gasteiger partial charge in [-0.1, -0.05) is 66.7 Å². The Morgan fingerprint density at radius 2 is 0.947 bits per heavy atom. The van der Waals surface area contributed by atoms with Gasteiger partial charge in [0.25, 0.3) is 0 Å². The maximum atomic E-state index is 7.10. The molecule has 0 aliphatic rings. The summed E-state index contributed by atoms with van der Waals surface area (Å²) in [5.74, 6) is 0. The number of hydrogen-bond acceptors (Lipinski definition) is 0. The lowest BCUT2D eigenvalue weighted by Crippen LogP contribution is -2.29. The molecule has 2 radical (unpaired) electrons. The van der Waals surface area contributed by atoms with Crippen molar-refractivity contribution in [2.45, 2.75) is 77.9 Å². The second-order valence-electron chi connectivity index (χ2n) is 5.60. The van der Waals surface area contributed by atoms with Crippen LogP contribution in [0.5, 0.6) is 0 Å². The molecule has 0 aromatic carbocycles. The second-order valence-corrected chi connectivity index (χ2v) is 11.5. The minimum Gasteiger partial charge on any atom is -0.105 e. The molecule has 0 bridgehead atoms. The zero-order valence-corrected chi connectivity index (χ0v) is 15.8. The van der Waals surface area contributed by atoms with Gasteiger partial charge in [0.2, 0.25) is 0 Å². The van der Waals surface area contributed by atoms with Gasteiger partial charge >= 0.3 is 0 Å². The molecule has 0 atom stereocenters. The summed E-state index contributed by atoms with van der Waals surface area (Å²) in [6, 6.07) is 0. The Hall–Kier alpha value is 0.925. The summed E-state index contributed by atoms with van der Waals surface area (Å²) in [6.07, 6.45) is 13.4. The highest BCUT2D eigenvalue weighted by molar-refractivity contribution is 7.79. The summed E-state index contributed by atoms with van der Waals surface area (Å²) in [5.41, 5.74) is 0. The molecule has 0 spiro atoms. The molecule has 0 aromatic rings. The van der Waals surface area contributed by atoms with Crippen LogP contribution in [0.1, 0.15) is 73.1 Å². The van der Waals surface area contributed by atoms with Gasteiger partial charge in [0, 0.05) is 0 Å². The number of hydrogen-bond donors (Lipinski definition) is 0. The summed E-state index contributed by atoms with van der Waals surface area (Å²) in [5, 5.41) is 0. The lowest BCUT2D eigenvalue weighted by molar-refractivity contribution is 0.804. The average molecular weight is 300 g/mol. The minimum atomic E-state index is 0.0319. The van der Waals surface area contributed by atoms with E-state index in [1.54, 1.807) is 0 Å². The van der Waals surface area contributed by atoms with E-state index in [0.717, 1.165) is 0 Å². The maximum Gasteiger partial charge on any atom is 0.0873 e. The van der Waals surface area contributed by atoms with Crippen LogP contribution in [0, 0.1) is 0 Å². The third-order valence-electron chi connectivity index (χ3n) is 3.69. The van der Waals surface area contributed by atoms with Crippen molar-refractivity contribution in [3.63, 3.8) is 0 Å². The fourth-order valence-corrected chi connectivity index (χ4v) is 11.0. The molecular formula is C16H35BP2. The molecule has 19 heavy (non-hydrogen) atoms. The fourth-order valence-electron chi connectivity index (χ4n) is 2.96. The van der Waals surface area contributed by atoms with Crippen LogP contribution in [-0.2, 0) is 0 Å². The molecule has 0 amide bonds. The summed E-state index contributed by atoms with van der Waals surface area (Å²) < 4.78 is 0. The van der Waals surface area contributed by atoms with Crippen molar-refractivity contribution >= 4 is 23.7 Å². The maximum absolute atomic E-state index is 7.10. The smallest absolute Gasteiger partial charge is 0.0873 e. The van der Waals surface area contributed by atoms with Gasteiger partial charge in [-0.15, -0.1) is 15.8 Å². The molecule has 0 saturated heterocycles. The van der Waals surface area contributed by atoms with Gasteiger partial charge in [0.05, 0.1) is 7.85 Å². The molecule has 0 saturated carbocycles. The third-order valence-corrected chi connectivity index (χ3v) is 12.0. The molecule has 0 N–H and O–H groups in total. The van der Waals surface area contributed by atoms with E-state index in [1.807, 2.05) is 0 Å². The van der Waals surface area contributed by atoms with Crippen molar-refractivity contribution in [3.05, 3.63) is 0 Å². The van der Waals surface area contributed by atoms with Crippen molar-refractivity contribution < 1.29 is 0 Å². The highest BCUT2D eigenvalue weighted by Gasteiger charge is 2.37. The van der Waals surface area contributed by atoms with Crippen LogP contribution in [0.3, 0.4) is 0 Å². The topological polar surface area (TPSA) is 0 Å². The first-order valence-electron chi connectivity index (χ1n) is 8.39. The zero-order chi connectivity index (χ0) is 14.7. The molecule has 0 aliphatic carbocycles. The molecular weight excluding hydrogens is 265 g/mol. The van der Waals surface area contributed by atoms with Crippen LogP contribution < -0.4 is 0 Å². The Balaban J connectivity index is 5.10. The van der Waals surface area contributed by atoms with Crippen molar-refractivity contribution in [1.29, 1.82) is 0 Å². The van der Waals surface area contributed by atoms with E-state index in [9.17, 15) is 0 Å². The van der Waals surface area contributed by atoms with E-state index in [1.165, 1.54) is 63.2 Å². The first-order chi connectivity index (χ1) is 9.10. The van der Waals surface area contributed by atoms with Crippen molar-refractivity contribution in [2.75, 3.05) is 24.6 Å². The van der Waals surface area contributed by atoms with Crippen molar-refractivity contribution in [2.24, 2.45) is 0 Å². The van der Waals surface area contributed by atoms with Crippen LogP contribution in [0.2, 0.25) is 0 Å². The normalized spacial score (nSPS) is 12.6. The predicted molar refractivity (Wildman–Crippen MR) is 97.9 cm³/mol. The van der Waals surface area contributed by atoms with Gasteiger partial charge in [0.1, 0.15) is 0 Å². The SMILES string of the molecule is [B]C(CCC)(P(CCC)CCC)P(CCC)CCC. The van der Waals surface area contributed by atoms with E-state index < -0.39 is 0 Å². The summed E-state index contributed by atoms with van der Waals surface area (Å²) in [4.78, 5) is 0.220. The van der Waals surface area contributed by atoms with Gasteiger partial charge in [-0.05, 0) is 35.9 Å². The summed E-state index contributed by atoms with van der Waals surface area (Å²) >= 11 is 0. The van der Waals surface area contributed by atoms with E-state index in [2.05, 4.69) is 34.6 Å². The number of rotatable bonds is 12. The van der Waals surface area contributed by atoms with Crippen LogP contribution in [0.15, 0.2) is 0 Å². The lowest BCUT2D eigenvalue weighted by atomic mass is 9.98. The molecule has 3 heteroatoms. The van der Waals surface area contributed by atoms with Gasteiger partial charge in [-0.2, -0.15) is 0 Å². The van der Waals surface area contributed by atoms with Gasteiger partial charge in [-0.25, -0.2) is 0 Å². The highest BCUT2D eigenvalue weighted by atomic mass is 31.2. The Bertz CT molecular complexity index is 181. The molecule has 0 rings (SSSR count). The standard InChI is InChI=1S/C16H35BP2/c1-6-11-16(17,18(12-7-2)13-8-3)19(14-9-4)15-10-5/h6-15H2,1-5H3. The van der Waals surface area contributed by atoms with Crippen molar-refractivity contribution in [3.8, 4) is 0 Å². The Morgan fingerprint density at radius 3 is 1.16 bits per heavy atom. The highest BCUT2D eigenvalue weighted by Crippen LogP contribution is 2.67. The van der Waals surface area contributed by atoms with Crippen LogP contribution in [-0.4, -0.2) is 37.3 Å². The van der Waals surface area contributed by atoms with Gasteiger partial charge in [-0.3, -0.25) is 0 Å². The molecule has 0 unspecified atom stereocenters. The second kappa shape index (κ2) is 11.6. The first kappa shape index (κ1) is 19.9. The molecule has 0 aromatic heterocycles. The molecule has 0 nitrogen and oxygen atoms in total. The quantitative estimate of drug-likeness (QED) is 0.297. The average Bonchev–Trinajstić information content (AvgIpc) is 2.38. The molecule has 112 valence electrons. The Morgan fingerprint density at radius 1 is 0.632 bits per heavy atom. The van der Waals surface area contributed by atoms with E-state index >= 15 is 0 Å². The lowest BCUT2D eigenvalue weighted by Gasteiger charge is -2.46. The third kappa shape index (κ3) is 6.48. The Kier molecular flexibility index (Phi) is 12.1. The van der Waals surface area contributed by atoms with Crippen molar-refractivity contribution in [1.82, 2.24) is 0 Å². The summed E-state index contributed by atoms with van der Waals surface area (Å²) in [7, 11) is 7.16. The molecule has 0 aliphatic heterocycles. The predicted octanol–water partition coefficient (Wildman–Crippen LogP) is 6.21. The zero-order valence-electron chi connectivity index (χ0n) is 14.0. The fraction of sp³-hybridized carbons (Fsp3) is 1.00. The van der Waals surface area contributed by atoms with Crippen LogP contribution in [0.4, 0.5) is 0 Å². The van der Waals surface area contributed by atoms with E-state index in [0.29, 0.717) is 0 Å². The largest absolute Gasteiger partial charge is 0.105 e. The minimum absolute atomic E-state index is 0.0319.